The summed E-state index contributed by atoms with van der Waals surface area (Å²) in [5, 5.41) is 16.1. The number of carboxylic acid groups (broad SMARTS) is 1. The zero-order valence-corrected chi connectivity index (χ0v) is 14.5. The SMILES string of the molecule is CCC(C)C(NC(=O)Nc1ccc(Br)cc1)C(=O)NCC(=O)O. The molecule has 0 aliphatic carbocycles. The van der Waals surface area contributed by atoms with Crippen LogP contribution in [0.4, 0.5) is 10.5 Å². The van der Waals surface area contributed by atoms with Crippen molar-refractivity contribution in [2.24, 2.45) is 5.92 Å². The van der Waals surface area contributed by atoms with Gasteiger partial charge in [0.2, 0.25) is 5.91 Å². The first-order valence-electron chi connectivity index (χ1n) is 7.16. The smallest absolute Gasteiger partial charge is 0.322 e. The molecule has 8 heteroatoms. The second-order valence-electron chi connectivity index (χ2n) is 5.08. The Kier molecular flexibility index (Phi) is 7.53. The maximum Gasteiger partial charge on any atom is 0.322 e. The van der Waals surface area contributed by atoms with Crippen LogP contribution in [-0.2, 0) is 9.59 Å². The number of amides is 3. The van der Waals surface area contributed by atoms with Crippen molar-refractivity contribution in [3.63, 3.8) is 0 Å². The van der Waals surface area contributed by atoms with Crippen molar-refractivity contribution in [2.45, 2.75) is 26.3 Å². The van der Waals surface area contributed by atoms with E-state index in [2.05, 4.69) is 31.9 Å². The van der Waals surface area contributed by atoms with Crippen molar-refractivity contribution in [2.75, 3.05) is 11.9 Å². The Hall–Kier alpha value is -2.09. The first-order chi connectivity index (χ1) is 10.8. The molecule has 0 aliphatic heterocycles. The first kappa shape index (κ1) is 19.0. The van der Waals surface area contributed by atoms with Gasteiger partial charge in [-0.3, -0.25) is 9.59 Å². The summed E-state index contributed by atoms with van der Waals surface area (Å²) in [6.45, 7) is 3.21. The number of carbonyl (C=O) groups is 3. The topological polar surface area (TPSA) is 108 Å². The Morgan fingerprint density at radius 1 is 1.22 bits per heavy atom. The quantitative estimate of drug-likeness (QED) is 0.576. The van der Waals surface area contributed by atoms with Crippen LogP contribution in [0, 0.1) is 5.92 Å². The van der Waals surface area contributed by atoms with Gasteiger partial charge < -0.3 is 21.1 Å². The number of halogens is 1. The number of urea groups is 1. The number of rotatable bonds is 7. The van der Waals surface area contributed by atoms with E-state index in [1.54, 1.807) is 24.3 Å². The molecule has 1 rings (SSSR count). The van der Waals surface area contributed by atoms with Gasteiger partial charge >= 0.3 is 12.0 Å². The van der Waals surface area contributed by atoms with E-state index in [0.717, 1.165) is 4.47 Å². The molecule has 2 atom stereocenters. The minimum atomic E-state index is -1.14. The number of nitrogens with one attached hydrogen (secondary N) is 3. The number of anilines is 1. The highest BCUT2D eigenvalue weighted by molar-refractivity contribution is 9.10. The summed E-state index contributed by atoms with van der Waals surface area (Å²) < 4.78 is 0.883. The zero-order valence-electron chi connectivity index (χ0n) is 12.9. The number of carbonyl (C=O) groups excluding carboxylic acids is 2. The molecule has 0 spiro atoms. The molecule has 1 aromatic carbocycles. The number of hydrogen-bond acceptors (Lipinski definition) is 3. The predicted octanol–water partition coefficient (Wildman–Crippen LogP) is 2.19. The van der Waals surface area contributed by atoms with E-state index < -0.39 is 30.5 Å². The van der Waals surface area contributed by atoms with Crippen LogP contribution in [0.1, 0.15) is 20.3 Å². The van der Waals surface area contributed by atoms with Crippen LogP contribution in [0.15, 0.2) is 28.7 Å². The second kappa shape index (κ2) is 9.14. The highest BCUT2D eigenvalue weighted by Gasteiger charge is 2.26. The third-order valence-electron chi connectivity index (χ3n) is 3.30. The average molecular weight is 386 g/mol. The molecule has 0 bridgehead atoms. The monoisotopic (exact) mass is 385 g/mol. The molecule has 0 heterocycles. The lowest BCUT2D eigenvalue weighted by Crippen LogP contribution is -2.52. The van der Waals surface area contributed by atoms with Crippen molar-refractivity contribution in [3.05, 3.63) is 28.7 Å². The van der Waals surface area contributed by atoms with E-state index in [0.29, 0.717) is 12.1 Å². The Morgan fingerprint density at radius 2 is 1.83 bits per heavy atom. The summed E-state index contributed by atoms with van der Waals surface area (Å²) in [4.78, 5) is 34.6. The van der Waals surface area contributed by atoms with Crippen molar-refractivity contribution >= 4 is 39.5 Å². The van der Waals surface area contributed by atoms with Crippen LogP contribution in [-0.4, -0.2) is 35.6 Å². The van der Waals surface area contributed by atoms with Gasteiger partial charge in [0.25, 0.3) is 0 Å². The molecule has 2 unspecified atom stereocenters. The fraction of sp³-hybridized carbons (Fsp3) is 0.400. The van der Waals surface area contributed by atoms with Gasteiger partial charge in [-0.15, -0.1) is 0 Å². The van der Waals surface area contributed by atoms with Crippen LogP contribution in [0.2, 0.25) is 0 Å². The van der Waals surface area contributed by atoms with E-state index in [9.17, 15) is 14.4 Å². The Labute approximate surface area is 143 Å². The molecule has 126 valence electrons. The number of carboxylic acids is 1. The molecule has 0 saturated carbocycles. The number of hydrogen-bond donors (Lipinski definition) is 4. The molecule has 7 nitrogen and oxygen atoms in total. The molecule has 0 fully saturated rings. The van der Waals surface area contributed by atoms with Crippen LogP contribution in [0.3, 0.4) is 0 Å². The molecule has 0 radical (unpaired) electrons. The van der Waals surface area contributed by atoms with Crippen LogP contribution >= 0.6 is 15.9 Å². The predicted molar refractivity (Wildman–Crippen MR) is 90.2 cm³/mol. The van der Waals surface area contributed by atoms with Gasteiger partial charge in [0.05, 0.1) is 0 Å². The molecule has 0 aromatic heterocycles. The molecule has 3 amide bonds. The van der Waals surface area contributed by atoms with Gasteiger partial charge in [0.15, 0.2) is 0 Å². The zero-order chi connectivity index (χ0) is 17.4. The fourth-order valence-corrected chi connectivity index (χ4v) is 2.08. The largest absolute Gasteiger partial charge is 0.480 e. The summed E-state index contributed by atoms with van der Waals surface area (Å²) in [6, 6.07) is 5.65. The molecule has 0 saturated heterocycles. The highest BCUT2D eigenvalue weighted by Crippen LogP contribution is 2.14. The van der Waals surface area contributed by atoms with E-state index in [4.69, 9.17) is 5.11 Å². The third-order valence-corrected chi connectivity index (χ3v) is 3.83. The highest BCUT2D eigenvalue weighted by atomic mass is 79.9. The molecular weight excluding hydrogens is 366 g/mol. The first-order valence-corrected chi connectivity index (χ1v) is 7.95. The summed E-state index contributed by atoms with van der Waals surface area (Å²) >= 11 is 3.30. The average Bonchev–Trinajstić information content (AvgIpc) is 2.51. The summed E-state index contributed by atoms with van der Waals surface area (Å²) in [7, 11) is 0. The van der Waals surface area contributed by atoms with E-state index in [1.165, 1.54) is 0 Å². The van der Waals surface area contributed by atoms with Crippen LogP contribution < -0.4 is 16.0 Å². The van der Waals surface area contributed by atoms with Gasteiger partial charge in [-0.1, -0.05) is 36.2 Å². The minimum Gasteiger partial charge on any atom is -0.480 e. The standard InChI is InChI=1S/C15H20BrN3O4/c1-3-9(2)13(14(22)17-8-12(20)21)19-15(23)18-11-6-4-10(16)5-7-11/h4-7,9,13H,3,8H2,1-2H3,(H,17,22)(H,20,21)(H2,18,19,23). The molecule has 0 aliphatic rings. The lowest BCUT2D eigenvalue weighted by Gasteiger charge is -2.23. The third kappa shape index (κ3) is 6.68. The van der Waals surface area contributed by atoms with Crippen molar-refractivity contribution in [1.82, 2.24) is 10.6 Å². The Balaban J connectivity index is 2.68. The van der Waals surface area contributed by atoms with Gasteiger partial charge in [-0.05, 0) is 30.2 Å². The lowest BCUT2D eigenvalue weighted by molar-refractivity contribution is -0.138. The Bertz CT molecular complexity index is 562. The van der Waals surface area contributed by atoms with Crippen LogP contribution in [0.25, 0.3) is 0 Å². The van der Waals surface area contributed by atoms with Crippen molar-refractivity contribution < 1.29 is 19.5 Å². The van der Waals surface area contributed by atoms with E-state index in [-0.39, 0.29) is 5.92 Å². The Morgan fingerprint density at radius 3 is 2.35 bits per heavy atom. The minimum absolute atomic E-state index is 0.139. The van der Waals surface area contributed by atoms with E-state index in [1.807, 2.05) is 13.8 Å². The summed E-state index contributed by atoms with van der Waals surface area (Å²) in [5.74, 6) is -1.80. The van der Waals surface area contributed by atoms with Gasteiger partial charge in [-0.25, -0.2) is 4.79 Å². The molecule has 1 aromatic rings. The summed E-state index contributed by atoms with van der Waals surface area (Å²) in [6.07, 6.45) is 0.656. The summed E-state index contributed by atoms with van der Waals surface area (Å²) in [5.41, 5.74) is 0.583. The molecule has 4 N–H and O–H groups in total. The second-order valence-corrected chi connectivity index (χ2v) is 6.00. The maximum atomic E-state index is 12.1. The van der Waals surface area contributed by atoms with Gasteiger partial charge in [0.1, 0.15) is 12.6 Å². The van der Waals surface area contributed by atoms with E-state index >= 15 is 0 Å². The number of benzene rings is 1. The maximum absolute atomic E-state index is 12.1. The van der Waals surface area contributed by atoms with Gasteiger partial charge in [-0.2, -0.15) is 0 Å². The molecule has 23 heavy (non-hydrogen) atoms. The lowest BCUT2D eigenvalue weighted by atomic mass is 9.98. The van der Waals surface area contributed by atoms with Crippen LogP contribution in [0.5, 0.6) is 0 Å². The fourth-order valence-electron chi connectivity index (χ4n) is 1.82. The number of aliphatic carboxylic acids is 1. The van der Waals surface area contributed by atoms with Crippen molar-refractivity contribution in [3.8, 4) is 0 Å². The van der Waals surface area contributed by atoms with Crippen molar-refractivity contribution in [1.29, 1.82) is 0 Å². The molecular formula is C15H20BrN3O4. The normalized spacial score (nSPS) is 12.8. The van der Waals surface area contributed by atoms with Gasteiger partial charge in [0, 0.05) is 10.2 Å².